The number of H-pyrrole nitrogens is 1. The second-order valence-electron chi connectivity index (χ2n) is 17.0. The number of para-hydroxylation sites is 1. The van der Waals surface area contributed by atoms with E-state index in [1.807, 2.05) is 82.6 Å². The Balaban J connectivity index is 0.809. The molecule has 2 aromatic carbocycles. The van der Waals surface area contributed by atoms with Gasteiger partial charge in [-0.15, -0.1) is 21.5 Å². The predicted molar refractivity (Wildman–Crippen MR) is 228 cm³/mol. The predicted octanol–water partition coefficient (Wildman–Crippen LogP) is 6.45. The molecular formula is C45H52N8O6S. The number of aryl methyl sites for hydroxylation is 2. The van der Waals surface area contributed by atoms with Crippen LogP contribution in [-0.2, 0) is 21.5 Å². The van der Waals surface area contributed by atoms with Gasteiger partial charge in [0.15, 0.2) is 11.4 Å². The number of phenolic OH excluding ortho intramolecular Hbond substituents is 1. The third kappa shape index (κ3) is 8.79. The molecule has 314 valence electrons. The highest BCUT2D eigenvalue weighted by atomic mass is 32.1. The number of aromatic nitrogens is 5. The van der Waals surface area contributed by atoms with E-state index in [-0.39, 0.29) is 36.4 Å². The summed E-state index contributed by atoms with van der Waals surface area (Å²) in [5.74, 6) is -0.0844. The van der Waals surface area contributed by atoms with Gasteiger partial charge in [-0.05, 0) is 86.0 Å². The van der Waals surface area contributed by atoms with Gasteiger partial charge in [-0.25, -0.2) is 4.98 Å². The lowest BCUT2D eigenvalue weighted by atomic mass is 9.91. The molecule has 6 heterocycles. The molecule has 2 aliphatic rings. The van der Waals surface area contributed by atoms with Gasteiger partial charge in [0, 0.05) is 55.3 Å². The molecule has 14 nitrogen and oxygen atoms in total. The number of β-amino-alcohol motifs (C(OH)–C–C–N with tert-alkyl or cyclic N) is 1. The monoisotopic (exact) mass is 832 g/mol. The first kappa shape index (κ1) is 41.1. The topological polar surface area (TPSA) is 183 Å². The van der Waals surface area contributed by atoms with Gasteiger partial charge in [0.05, 0.1) is 33.4 Å². The number of amides is 2. The molecule has 0 saturated carbocycles. The van der Waals surface area contributed by atoms with Crippen LogP contribution in [0.2, 0.25) is 0 Å². The van der Waals surface area contributed by atoms with Crippen LogP contribution in [0, 0.1) is 18.8 Å². The first-order valence-electron chi connectivity index (χ1n) is 20.6. The highest BCUT2D eigenvalue weighted by molar-refractivity contribution is 7.13. The number of benzene rings is 2. The molecule has 8 rings (SSSR count). The Morgan fingerprint density at radius 1 is 1.07 bits per heavy atom. The molecule has 0 unspecified atom stereocenters. The maximum absolute atomic E-state index is 14.2. The van der Waals surface area contributed by atoms with E-state index in [0.29, 0.717) is 35.4 Å². The van der Waals surface area contributed by atoms with Gasteiger partial charge < -0.3 is 34.7 Å². The first-order valence-corrected chi connectivity index (χ1v) is 21.5. The van der Waals surface area contributed by atoms with Gasteiger partial charge in [0.2, 0.25) is 11.8 Å². The molecule has 3 atom stereocenters. The Morgan fingerprint density at radius 2 is 1.85 bits per heavy atom. The molecule has 4 aromatic heterocycles. The fourth-order valence-electron chi connectivity index (χ4n) is 8.41. The van der Waals surface area contributed by atoms with Crippen LogP contribution in [0.1, 0.15) is 69.2 Å². The fourth-order valence-corrected chi connectivity index (χ4v) is 9.23. The number of nitrogens with one attached hydrogen (secondary N) is 2. The number of aliphatic hydroxyl groups excluding tert-OH is 1. The quantitative estimate of drug-likeness (QED) is 0.0893. The summed E-state index contributed by atoms with van der Waals surface area (Å²) >= 11 is 1.59. The highest BCUT2D eigenvalue weighted by Gasteiger charge is 2.44. The molecule has 2 fully saturated rings. The van der Waals surface area contributed by atoms with Crippen LogP contribution in [-0.4, -0.2) is 102 Å². The molecule has 0 radical (unpaired) electrons. The van der Waals surface area contributed by atoms with E-state index in [4.69, 9.17) is 9.26 Å². The van der Waals surface area contributed by atoms with E-state index >= 15 is 0 Å². The summed E-state index contributed by atoms with van der Waals surface area (Å²) in [6, 6.07) is 20.1. The second-order valence-corrected chi connectivity index (χ2v) is 17.9. The number of carbonyl (C=O) groups is 2. The number of thiazole rings is 1. The Hall–Kier alpha value is -5.64. The zero-order valence-corrected chi connectivity index (χ0v) is 35.4. The summed E-state index contributed by atoms with van der Waals surface area (Å²) in [4.78, 5) is 40.7. The van der Waals surface area contributed by atoms with Crippen molar-refractivity contribution in [3.8, 4) is 33.3 Å². The van der Waals surface area contributed by atoms with Crippen molar-refractivity contribution in [3.05, 3.63) is 95.0 Å². The molecule has 2 amide bonds. The van der Waals surface area contributed by atoms with Gasteiger partial charge in [0.1, 0.15) is 24.3 Å². The number of hydrogen-bond acceptors (Lipinski definition) is 12. The Labute approximate surface area is 353 Å². The lowest BCUT2D eigenvalue weighted by Gasteiger charge is -2.39. The minimum Gasteiger partial charge on any atom is -0.507 e. The molecule has 6 aromatic rings. The first-order chi connectivity index (χ1) is 28.8. The lowest BCUT2D eigenvalue weighted by molar-refractivity contribution is -0.141. The summed E-state index contributed by atoms with van der Waals surface area (Å²) in [5.41, 5.74) is 7.20. The van der Waals surface area contributed by atoms with Gasteiger partial charge in [-0.1, -0.05) is 50.2 Å². The minimum atomic E-state index is -0.841. The van der Waals surface area contributed by atoms with Crippen molar-refractivity contribution in [1.29, 1.82) is 0 Å². The van der Waals surface area contributed by atoms with Crippen LogP contribution < -0.4 is 10.1 Å². The number of aliphatic hydroxyl groups is 1. The van der Waals surface area contributed by atoms with E-state index in [1.54, 1.807) is 29.5 Å². The summed E-state index contributed by atoms with van der Waals surface area (Å²) in [6.45, 7) is 12.9. The molecule has 0 bridgehead atoms. The SMILES string of the molecule is Cc1ncsc1-c1ccc(C(C)(C)NC(=O)[C@@H]2C[C@@H](O)CN2C(=O)[C@@H](c2cc(OCCN3CC(CCc4cc5cc(-c6ccccc6O)nnc5[nH]4)C3)no2)C(C)C)cc1. The molecule has 0 spiro atoms. The van der Waals surface area contributed by atoms with Crippen molar-refractivity contribution in [1.82, 2.24) is 40.4 Å². The maximum Gasteiger partial charge on any atom is 0.254 e. The molecule has 4 N–H and O–H groups in total. The molecule has 15 heteroatoms. The van der Waals surface area contributed by atoms with E-state index < -0.39 is 23.6 Å². The van der Waals surface area contributed by atoms with Crippen molar-refractivity contribution in [3.63, 3.8) is 0 Å². The Morgan fingerprint density at radius 3 is 2.58 bits per heavy atom. The van der Waals surface area contributed by atoms with Crippen molar-refractivity contribution >= 4 is 34.2 Å². The van der Waals surface area contributed by atoms with Crippen LogP contribution >= 0.6 is 11.3 Å². The molecule has 2 aliphatic heterocycles. The van der Waals surface area contributed by atoms with E-state index in [2.05, 4.69) is 41.6 Å². The Bertz CT molecular complexity index is 2450. The Kier molecular flexibility index (Phi) is 11.7. The highest BCUT2D eigenvalue weighted by Crippen LogP contribution is 2.34. The second kappa shape index (κ2) is 17.1. The number of likely N-dealkylation sites (tertiary alicyclic amines) is 2. The zero-order valence-electron chi connectivity index (χ0n) is 34.6. The number of phenols is 1. The smallest absolute Gasteiger partial charge is 0.254 e. The summed E-state index contributed by atoms with van der Waals surface area (Å²) in [6.07, 6.45) is 1.26. The number of aromatic hydroxyl groups is 1. The van der Waals surface area contributed by atoms with Crippen LogP contribution in [0.15, 0.2) is 76.8 Å². The van der Waals surface area contributed by atoms with Crippen LogP contribution in [0.3, 0.4) is 0 Å². The number of fused-ring (bicyclic) bond motifs is 1. The number of rotatable bonds is 15. The van der Waals surface area contributed by atoms with E-state index in [0.717, 1.165) is 70.9 Å². The van der Waals surface area contributed by atoms with E-state index in [9.17, 15) is 19.8 Å². The van der Waals surface area contributed by atoms with Crippen LogP contribution in [0.5, 0.6) is 11.6 Å². The third-order valence-corrected chi connectivity index (χ3v) is 12.8. The molecule has 0 aliphatic carbocycles. The summed E-state index contributed by atoms with van der Waals surface area (Å²) < 4.78 is 11.7. The standard InChI is InChI=1S/C45H52N8O6S/c1-26(2)40(44(57)53-24-33(54)20-36(53)43(56)48-45(4,5)31-13-11-29(12-14-31)41-27(3)46-25-60-41)38-21-39(51-59-38)58-17-16-52-22-28(23-52)10-15-32-18-30-19-35(49-50-42(30)47-32)34-8-6-7-9-37(34)55/h6-9,11-14,18-19,21,25-26,28,33,36,40,54-55H,10,15-17,20,22-24H2,1-5H3,(H,47,50)(H,48,56)/t33-,36+,40-/m1/s1. The normalized spacial score (nSPS) is 17.9. The van der Waals surface area contributed by atoms with E-state index in [1.165, 1.54) is 4.90 Å². The number of aromatic amines is 1. The van der Waals surface area contributed by atoms with Gasteiger partial charge in [-0.3, -0.25) is 14.5 Å². The lowest BCUT2D eigenvalue weighted by Crippen LogP contribution is -2.52. The van der Waals surface area contributed by atoms with Crippen molar-refractivity contribution in [2.75, 3.05) is 32.8 Å². The van der Waals surface area contributed by atoms with Gasteiger partial charge in [0.25, 0.3) is 5.88 Å². The maximum atomic E-state index is 14.2. The number of hydrogen-bond donors (Lipinski definition) is 4. The number of carbonyl (C=O) groups excluding carboxylic acids is 2. The fraction of sp³-hybridized carbons (Fsp3) is 0.422. The van der Waals surface area contributed by atoms with Crippen LogP contribution in [0.4, 0.5) is 0 Å². The zero-order chi connectivity index (χ0) is 42.1. The van der Waals surface area contributed by atoms with Gasteiger partial charge in [-0.2, -0.15) is 0 Å². The average molecular weight is 833 g/mol. The van der Waals surface area contributed by atoms with Gasteiger partial charge >= 0.3 is 0 Å². The minimum absolute atomic E-state index is 0.0515. The molecule has 60 heavy (non-hydrogen) atoms. The summed E-state index contributed by atoms with van der Waals surface area (Å²) in [7, 11) is 0. The van der Waals surface area contributed by atoms with Crippen LogP contribution in [0.25, 0.3) is 32.7 Å². The molecule has 2 saturated heterocycles. The third-order valence-electron chi connectivity index (χ3n) is 11.8. The van der Waals surface area contributed by atoms with Crippen molar-refractivity contribution in [2.24, 2.45) is 11.8 Å². The number of nitrogens with zero attached hydrogens (tertiary/aromatic N) is 6. The summed E-state index contributed by atoms with van der Waals surface area (Å²) in [5, 5.41) is 37.8. The molecular weight excluding hydrogens is 781 g/mol. The largest absolute Gasteiger partial charge is 0.507 e. The number of ether oxygens (including phenoxy) is 1. The van der Waals surface area contributed by atoms with Crippen molar-refractivity contribution < 1.29 is 29.1 Å². The van der Waals surface area contributed by atoms with Crippen molar-refractivity contribution in [2.45, 2.75) is 77.5 Å². The average Bonchev–Trinajstić information content (AvgIpc) is 4.02.